The van der Waals surface area contributed by atoms with Gasteiger partial charge in [0.1, 0.15) is 0 Å². The van der Waals surface area contributed by atoms with Crippen LogP contribution in [0.25, 0.3) is 0 Å². The number of hydrogen-bond acceptors (Lipinski definition) is 3. The molecule has 1 aromatic carbocycles. The van der Waals surface area contributed by atoms with Gasteiger partial charge in [-0.3, -0.25) is 4.90 Å². The van der Waals surface area contributed by atoms with E-state index in [1.807, 2.05) is 23.9 Å². The highest BCUT2D eigenvalue weighted by atomic mass is 32.2. The van der Waals surface area contributed by atoms with Crippen molar-refractivity contribution in [1.29, 1.82) is 0 Å². The highest BCUT2D eigenvalue weighted by Gasteiger charge is 2.09. The van der Waals surface area contributed by atoms with E-state index in [2.05, 4.69) is 25.1 Å². The van der Waals surface area contributed by atoms with Crippen LogP contribution in [0.4, 0.5) is 0 Å². The van der Waals surface area contributed by atoms with Crippen molar-refractivity contribution in [2.45, 2.75) is 25.9 Å². The second-order valence-electron chi connectivity index (χ2n) is 4.55. The topological polar surface area (TPSA) is 40.5 Å². The molecule has 1 rings (SSSR count). The van der Waals surface area contributed by atoms with Crippen molar-refractivity contribution in [2.24, 2.45) is 0 Å². The Morgan fingerprint density at radius 1 is 1.39 bits per heavy atom. The summed E-state index contributed by atoms with van der Waals surface area (Å²) in [7, 11) is 2.11. The molecule has 0 spiro atoms. The summed E-state index contributed by atoms with van der Waals surface area (Å²) < 4.78 is 0. The van der Waals surface area contributed by atoms with Gasteiger partial charge in [-0.25, -0.2) is 4.79 Å². The van der Waals surface area contributed by atoms with Gasteiger partial charge >= 0.3 is 5.97 Å². The van der Waals surface area contributed by atoms with E-state index < -0.39 is 5.97 Å². The number of hydrogen-bond donors (Lipinski definition) is 1. The average molecular weight is 267 g/mol. The fourth-order valence-electron chi connectivity index (χ4n) is 1.71. The van der Waals surface area contributed by atoms with Crippen molar-refractivity contribution in [3.63, 3.8) is 0 Å². The third-order valence-electron chi connectivity index (χ3n) is 3.13. The number of aromatic carboxylic acids is 1. The van der Waals surface area contributed by atoms with Gasteiger partial charge in [0, 0.05) is 12.6 Å². The molecule has 0 bridgehead atoms. The molecule has 4 heteroatoms. The van der Waals surface area contributed by atoms with Crippen LogP contribution in [0.15, 0.2) is 24.3 Å². The van der Waals surface area contributed by atoms with Crippen LogP contribution in [0.5, 0.6) is 0 Å². The Bertz CT molecular complexity index is 378. The van der Waals surface area contributed by atoms with Crippen LogP contribution in [0, 0.1) is 0 Å². The number of nitrogens with zero attached hydrogens (tertiary/aromatic N) is 1. The van der Waals surface area contributed by atoms with Crippen LogP contribution in [-0.4, -0.2) is 41.1 Å². The lowest BCUT2D eigenvalue weighted by molar-refractivity contribution is 0.0697. The van der Waals surface area contributed by atoms with Gasteiger partial charge in [0.2, 0.25) is 0 Å². The van der Waals surface area contributed by atoms with E-state index in [1.165, 1.54) is 12.2 Å². The molecule has 0 aliphatic rings. The first-order chi connectivity index (χ1) is 8.54. The Morgan fingerprint density at radius 3 is 2.50 bits per heavy atom. The number of carbonyl (C=O) groups is 1. The van der Waals surface area contributed by atoms with E-state index in [0.29, 0.717) is 11.6 Å². The zero-order valence-electron chi connectivity index (χ0n) is 11.2. The standard InChI is InChI=1S/C14H21NO2S/c1-11(8-9-18-3)15(2)10-12-4-6-13(7-5-12)14(16)17/h4-7,11H,8-10H2,1-3H3,(H,16,17). The summed E-state index contributed by atoms with van der Waals surface area (Å²) in [5, 5.41) is 8.83. The smallest absolute Gasteiger partial charge is 0.335 e. The molecule has 0 radical (unpaired) electrons. The molecular weight excluding hydrogens is 246 g/mol. The van der Waals surface area contributed by atoms with E-state index >= 15 is 0 Å². The van der Waals surface area contributed by atoms with Crippen molar-refractivity contribution >= 4 is 17.7 Å². The Labute approximate surface area is 113 Å². The number of carboxylic acid groups (broad SMARTS) is 1. The van der Waals surface area contributed by atoms with E-state index in [1.54, 1.807) is 12.1 Å². The van der Waals surface area contributed by atoms with Crippen molar-refractivity contribution < 1.29 is 9.90 Å². The second kappa shape index (κ2) is 7.44. The van der Waals surface area contributed by atoms with Crippen LogP contribution < -0.4 is 0 Å². The van der Waals surface area contributed by atoms with Crippen molar-refractivity contribution in [1.82, 2.24) is 4.90 Å². The molecule has 100 valence electrons. The highest BCUT2D eigenvalue weighted by Crippen LogP contribution is 2.11. The quantitative estimate of drug-likeness (QED) is 0.824. The van der Waals surface area contributed by atoms with Gasteiger partial charge < -0.3 is 5.11 Å². The monoisotopic (exact) mass is 267 g/mol. The molecule has 1 N–H and O–H groups in total. The fourth-order valence-corrected chi connectivity index (χ4v) is 2.28. The number of rotatable bonds is 7. The first-order valence-electron chi connectivity index (χ1n) is 6.06. The summed E-state index contributed by atoms with van der Waals surface area (Å²) >= 11 is 1.87. The third kappa shape index (κ3) is 4.70. The van der Waals surface area contributed by atoms with Crippen molar-refractivity contribution in [3.8, 4) is 0 Å². The zero-order chi connectivity index (χ0) is 13.5. The van der Waals surface area contributed by atoms with Gasteiger partial charge in [-0.2, -0.15) is 11.8 Å². The largest absolute Gasteiger partial charge is 0.478 e. The predicted octanol–water partition coefficient (Wildman–Crippen LogP) is 2.96. The van der Waals surface area contributed by atoms with Gasteiger partial charge in [0.05, 0.1) is 5.56 Å². The maximum absolute atomic E-state index is 10.7. The van der Waals surface area contributed by atoms with Gasteiger partial charge in [0.15, 0.2) is 0 Å². The molecule has 1 unspecified atom stereocenters. The summed E-state index contributed by atoms with van der Waals surface area (Å²) in [4.78, 5) is 13.0. The average Bonchev–Trinajstić information content (AvgIpc) is 2.36. The zero-order valence-corrected chi connectivity index (χ0v) is 12.0. The minimum Gasteiger partial charge on any atom is -0.478 e. The number of thioether (sulfide) groups is 1. The van der Waals surface area contributed by atoms with Crippen molar-refractivity contribution in [2.75, 3.05) is 19.1 Å². The first-order valence-corrected chi connectivity index (χ1v) is 7.45. The van der Waals surface area contributed by atoms with E-state index in [9.17, 15) is 4.79 Å². The molecule has 0 aliphatic carbocycles. The molecule has 0 saturated heterocycles. The number of carboxylic acids is 1. The first kappa shape index (κ1) is 15.1. The third-order valence-corrected chi connectivity index (χ3v) is 3.77. The van der Waals surface area contributed by atoms with Gasteiger partial charge in [-0.1, -0.05) is 12.1 Å². The fraction of sp³-hybridized carbons (Fsp3) is 0.500. The van der Waals surface area contributed by atoms with E-state index in [4.69, 9.17) is 5.11 Å². The molecular formula is C14H21NO2S. The number of benzene rings is 1. The molecule has 0 amide bonds. The minimum atomic E-state index is -0.872. The van der Waals surface area contributed by atoms with Gasteiger partial charge in [0.25, 0.3) is 0 Å². The summed E-state index contributed by atoms with van der Waals surface area (Å²) in [5.41, 5.74) is 1.50. The Kier molecular flexibility index (Phi) is 6.22. The highest BCUT2D eigenvalue weighted by molar-refractivity contribution is 7.98. The molecule has 1 atom stereocenters. The normalized spacial score (nSPS) is 12.7. The molecule has 0 fully saturated rings. The lowest BCUT2D eigenvalue weighted by Crippen LogP contribution is -2.29. The van der Waals surface area contributed by atoms with E-state index in [0.717, 1.165) is 12.1 Å². The Balaban J connectivity index is 2.53. The minimum absolute atomic E-state index is 0.344. The lowest BCUT2D eigenvalue weighted by Gasteiger charge is -2.24. The van der Waals surface area contributed by atoms with Crippen LogP contribution in [0.2, 0.25) is 0 Å². The predicted molar refractivity (Wildman–Crippen MR) is 77.3 cm³/mol. The van der Waals surface area contributed by atoms with Crippen molar-refractivity contribution in [3.05, 3.63) is 35.4 Å². The van der Waals surface area contributed by atoms with Crippen LogP contribution >= 0.6 is 11.8 Å². The SMILES string of the molecule is CSCCC(C)N(C)Cc1ccc(C(=O)O)cc1. The molecule has 18 heavy (non-hydrogen) atoms. The van der Waals surface area contributed by atoms with Crippen LogP contribution in [0.3, 0.4) is 0 Å². The molecule has 0 heterocycles. The van der Waals surface area contributed by atoms with Crippen LogP contribution in [-0.2, 0) is 6.54 Å². The summed E-state index contributed by atoms with van der Waals surface area (Å²) in [5.74, 6) is 0.298. The Hall–Kier alpha value is -1.00. The summed E-state index contributed by atoms with van der Waals surface area (Å²) in [6.07, 6.45) is 3.29. The molecule has 1 aromatic rings. The maximum Gasteiger partial charge on any atom is 0.335 e. The molecule has 0 aliphatic heterocycles. The molecule has 0 saturated carbocycles. The van der Waals surface area contributed by atoms with Crippen LogP contribution in [0.1, 0.15) is 29.3 Å². The molecule has 3 nitrogen and oxygen atoms in total. The lowest BCUT2D eigenvalue weighted by atomic mass is 10.1. The molecule has 0 aromatic heterocycles. The summed E-state index contributed by atoms with van der Waals surface area (Å²) in [6.45, 7) is 3.08. The van der Waals surface area contributed by atoms with Gasteiger partial charge in [-0.15, -0.1) is 0 Å². The second-order valence-corrected chi connectivity index (χ2v) is 5.53. The maximum atomic E-state index is 10.7. The summed E-state index contributed by atoms with van der Waals surface area (Å²) in [6, 6.07) is 7.65. The Morgan fingerprint density at radius 2 is 2.00 bits per heavy atom. The van der Waals surface area contributed by atoms with Gasteiger partial charge in [-0.05, 0) is 50.1 Å². The van der Waals surface area contributed by atoms with E-state index in [-0.39, 0.29) is 0 Å².